The first-order valence-electron chi connectivity index (χ1n) is 2.85. The highest BCUT2D eigenvalue weighted by atomic mass is 127. The lowest BCUT2D eigenvalue weighted by Gasteiger charge is -1.97. The molecule has 1 rings (SSSR count). The third kappa shape index (κ3) is 2.04. The number of amides is 1. The minimum absolute atomic E-state index is 0.189. The predicted octanol–water partition coefficient (Wildman–Crippen LogP) is 0.744. The standard InChI is InChI=1S/C6H6IN3O/c7-10-6(11)4-1-5(8)3-9-2-4/h1-3H,8H2,(H,10,11). The van der Waals surface area contributed by atoms with Crippen LogP contribution in [-0.4, -0.2) is 10.9 Å². The van der Waals surface area contributed by atoms with Crippen molar-refractivity contribution in [2.75, 3.05) is 5.73 Å². The molecule has 1 aromatic rings. The SMILES string of the molecule is Nc1cncc(C(=O)NI)c1. The third-order valence-corrected chi connectivity index (χ3v) is 1.60. The molecule has 0 fully saturated rings. The van der Waals surface area contributed by atoms with Gasteiger partial charge in [-0.1, -0.05) is 0 Å². The summed E-state index contributed by atoms with van der Waals surface area (Å²) in [5.41, 5.74) is 6.37. The molecule has 4 nitrogen and oxygen atoms in total. The lowest BCUT2D eigenvalue weighted by molar-refractivity contribution is 0.0989. The maximum absolute atomic E-state index is 11.0. The average molecular weight is 263 g/mol. The van der Waals surface area contributed by atoms with E-state index < -0.39 is 0 Å². The Labute approximate surface area is 77.7 Å². The van der Waals surface area contributed by atoms with Crippen LogP contribution in [0.1, 0.15) is 10.4 Å². The summed E-state index contributed by atoms with van der Waals surface area (Å²) < 4.78 is 2.44. The number of aromatic nitrogens is 1. The van der Waals surface area contributed by atoms with Crippen molar-refractivity contribution < 1.29 is 4.79 Å². The van der Waals surface area contributed by atoms with Crippen molar-refractivity contribution >= 4 is 34.5 Å². The van der Waals surface area contributed by atoms with Crippen LogP contribution in [0.25, 0.3) is 0 Å². The van der Waals surface area contributed by atoms with E-state index in [0.29, 0.717) is 11.3 Å². The summed E-state index contributed by atoms with van der Waals surface area (Å²) in [5.74, 6) is -0.189. The van der Waals surface area contributed by atoms with E-state index in [1.807, 2.05) is 0 Å². The van der Waals surface area contributed by atoms with Gasteiger partial charge in [-0.2, -0.15) is 0 Å². The van der Waals surface area contributed by atoms with E-state index in [0.717, 1.165) is 0 Å². The first kappa shape index (κ1) is 8.25. The van der Waals surface area contributed by atoms with Gasteiger partial charge in [0.2, 0.25) is 0 Å². The Morgan fingerprint density at radius 2 is 2.36 bits per heavy atom. The number of pyridine rings is 1. The molecule has 0 unspecified atom stereocenters. The van der Waals surface area contributed by atoms with Crippen molar-refractivity contribution in [3.63, 3.8) is 0 Å². The molecule has 1 amide bonds. The molecular weight excluding hydrogens is 257 g/mol. The number of halogens is 1. The number of nitrogen functional groups attached to an aromatic ring is 1. The summed E-state index contributed by atoms with van der Waals surface area (Å²) in [6.07, 6.45) is 2.95. The van der Waals surface area contributed by atoms with E-state index >= 15 is 0 Å². The Hall–Kier alpha value is -0.850. The number of hydrogen-bond donors (Lipinski definition) is 2. The molecular formula is C6H6IN3O. The highest BCUT2D eigenvalue weighted by Gasteiger charge is 2.02. The van der Waals surface area contributed by atoms with Crippen molar-refractivity contribution in [2.24, 2.45) is 0 Å². The number of carbonyl (C=O) groups is 1. The highest BCUT2D eigenvalue weighted by molar-refractivity contribution is 14.1. The smallest absolute Gasteiger partial charge is 0.261 e. The Morgan fingerprint density at radius 1 is 1.64 bits per heavy atom. The van der Waals surface area contributed by atoms with E-state index in [-0.39, 0.29) is 5.91 Å². The molecule has 0 spiro atoms. The number of nitrogens with two attached hydrogens (primary N) is 1. The van der Waals surface area contributed by atoms with Gasteiger partial charge in [-0.25, -0.2) is 0 Å². The van der Waals surface area contributed by atoms with Crippen LogP contribution in [0, 0.1) is 0 Å². The largest absolute Gasteiger partial charge is 0.397 e. The minimum Gasteiger partial charge on any atom is -0.397 e. The molecule has 0 bridgehead atoms. The molecule has 0 aliphatic carbocycles. The Kier molecular flexibility index (Phi) is 2.64. The van der Waals surface area contributed by atoms with Crippen molar-refractivity contribution in [1.82, 2.24) is 8.51 Å². The fourth-order valence-electron chi connectivity index (χ4n) is 0.636. The quantitative estimate of drug-likeness (QED) is 0.580. The van der Waals surface area contributed by atoms with Crippen LogP contribution in [0.2, 0.25) is 0 Å². The molecule has 0 aliphatic rings. The maximum atomic E-state index is 11.0. The number of rotatable bonds is 1. The van der Waals surface area contributed by atoms with Crippen LogP contribution in [0.3, 0.4) is 0 Å². The molecule has 0 aliphatic heterocycles. The Morgan fingerprint density at radius 3 is 2.91 bits per heavy atom. The first-order chi connectivity index (χ1) is 5.24. The molecule has 0 saturated heterocycles. The molecule has 0 radical (unpaired) electrons. The van der Waals surface area contributed by atoms with Gasteiger partial charge in [-0.3, -0.25) is 13.3 Å². The zero-order valence-corrected chi connectivity index (χ0v) is 7.70. The van der Waals surface area contributed by atoms with E-state index in [4.69, 9.17) is 5.73 Å². The lowest BCUT2D eigenvalue weighted by atomic mass is 10.2. The zero-order chi connectivity index (χ0) is 8.27. The number of anilines is 1. The molecule has 1 heterocycles. The van der Waals surface area contributed by atoms with Crippen LogP contribution in [-0.2, 0) is 0 Å². The topological polar surface area (TPSA) is 68.0 Å². The van der Waals surface area contributed by atoms with Gasteiger partial charge in [-0.05, 0) is 6.07 Å². The van der Waals surface area contributed by atoms with Gasteiger partial charge in [-0.15, -0.1) is 0 Å². The second-order valence-corrected chi connectivity index (χ2v) is 2.47. The summed E-state index contributed by atoms with van der Waals surface area (Å²) in [4.78, 5) is 14.7. The monoisotopic (exact) mass is 263 g/mol. The lowest BCUT2D eigenvalue weighted by Crippen LogP contribution is -2.12. The van der Waals surface area contributed by atoms with Crippen molar-refractivity contribution in [3.8, 4) is 0 Å². The normalized spacial score (nSPS) is 9.18. The molecule has 58 valence electrons. The van der Waals surface area contributed by atoms with Crippen LogP contribution < -0.4 is 9.26 Å². The van der Waals surface area contributed by atoms with Gasteiger partial charge in [0, 0.05) is 12.4 Å². The van der Waals surface area contributed by atoms with E-state index in [9.17, 15) is 4.79 Å². The highest BCUT2D eigenvalue weighted by Crippen LogP contribution is 2.03. The van der Waals surface area contributed by atoms with Gasteiger partial charge in [0.05, 0.1) is 34.1 Å². The number of carbonyl (C=O) groups excluding carboxylic acids is 1. The summed E-state index contributed by atoms with van der Waals surface area (Å²) in [6, 6.07) is 1.57. The molecule has 3 N–H and O–H groups in total. The van der Waals surface area contributed by atoms with E-state index in [2.05, 4.69) is 8.51 Å². The molecule has 0 atom stereocenters. The van der Waals surface area contributed by atoms with Gasteiger partial charge in [0.1, 0.15) is 0 Å². The van der Waals surface area contributed by atoms with Gasteiger partial charge in [0.15, 0.2) is 0 Å². The maximum Gasteiger partial charge on any atom is 0.261 e. The number of nitrogens with one attached hydrogen (secondary N) is 1. The summed E-state index contributed by atoms with van der Waals surface area (Å²) in [5, 5.41) is 0. The fourth-order valence-corrected chi connectivity index (χ4v) is 0.948. The van der Waals surface area contributed by atoms with Crippen molar-refractivity contribution in [3.05, 3.63) is 24.0 Å². The Balaban J connectivity index is 2.96. The molecule has 0 aromatic carbocycles. The van der Waals surface area contributed by atoms with Gasteiger partial charge < -0.3 is 5.73 Å². The van der Waals surface area contributed by atoms with Crippen molar-refractivity contribution in [2.45, 2.75) is 0 Å². The zero-order valence-electron chi connectivity index (χ0n) is 5.54. The molecule has 1 aromatic heterocycles. The fraction of sp³-hybridized carbons (Fsp3) is 0. The summed E-state index contributed by atoms with van der Waals surface area (Å²) in [7, 11) is 0. The Bertz CT molecular complexity index is 276. The minimum atomic E-state index is -0.189. The molecule has 11 heavy (non-hydrogen) atoms. The van der Waals surface area contributed by atoms with Crippen LogP contribution >= 0.6 is 22.9 Å². The van der Waals surface area contributed by atoms with Crippen LogP contribution in [0.4, 0.5) is 5.69 Å². The first-order valence-corrected chi connectivity index (χ1v) is 3.93. The molecule has 0 saturated carbocycles. The molecule has 5 heteroatoms. The van der Waals surface area contributed by atoms with E-state index in [1.54, 1.807) is 28.9 Å². The third-order valence-electron chi connectivity index (χ3n) is 1.11. The van der Waals surface area contributed by atoms with Crippen molar-refractivity contribution in [1.29, 1.82) is 0 Å². The summed E-state index contributed by atoms with van der Waals surface area (Å²) >= 11 is 1.76. The van der Waals surface area contributed by atoms with Gasteiger partial charge in [0.25, 0.3) is 5.91 Å². The van der Waals surface area contributed by atoms with Gasteiger partial charge >= 0.3 is 0 Å². The predicted molar refractivity (Wildman–Crippen MR) is 50.1 cm³/mol. The second kappa shape index (κ2) is 3.51. The average Bonchev–Trinajstić information content (AvgIpc) is 2.03. The van der Waals surface area contributed by atoms with Crippen LogP contribution in [0.15, 0.2) is 18.5 Å². The number of nitrogens with zero attached hydrogens (tertiary/aromatic N) is 1. The summed E-state index contributed by atoms with van der Waals surface area (Å²) in [6.45, 7) is 0. The van der Waals surface area contributed by atoms with E-state index in [1.165, 1.54) is 12.4 Å². The second-order valence-electron chi connectivity index (χ2n) is 1.93. The number of hydrogen-bond acceptors (Lipinski definition) is 3. The van der Waals surface area contributed by atoms with Crippen LogP contribution in [0.5, 0.6) is 0 Å².